The Morgan fingerprint density at radius 3 is 2.82 bits per heavy atom. The van der Waals surface area contributed by atoms with Crippen LogP contribution < -0.4 is 15.5 Å². The molecular formula is C15H15ClN6. The van der Waals surface area contributed by atoms with Gasteiger partial charge < -0.3 is 15.5 Å². The molecule has 2 N–H and O–H groups in total. The Bertz CT molecular complexity index is 705. The summed E-state index contributed by atoms with van der Waals surface area (Å²) in [5.41, 5.74) is 1.23. The lowest BCUT2D eigenvalue weighted by atomic mass is 10.2. The molecule has 6 nitrogen and oxygen atoms in total. The number of hydrogen-bond acceptors (Lipinski definition) is 6. The fraction of sp³-hybridized carbons (Fsp3) is 0.267. The van der Waals surface area contributed by atoms with Crippen molar-refractivity contribution in [2.45, 2.75) is 0 Å². The van der Waals surface area contributed by atoms with E-state index in [0.717, 1.165) is 32.0 Å². The number of nitrogens with zero attached hydrogens (tertiary/aromatic N) is 4. The molecule has 0 saturated carbocycles. The van der Waals surface area contributed by atoms with Gasteiger partial charge >= 0.3 is 0 Å². The molecule has 0 radical (unpaired) electrons. The van der Waals surface area contributed by atoms with Crippen molar-refractivity contribution in [2.24, 2.45) is 0 Å². The van der Waals surface area contributed by atoms with E-state index >= 15 is 0 Å². The first-order chi connectivity index (χ1) is 10.8. The fourth-order valence-corrected chi connectivity index (χ4v) is 2.54. The van der Waals surface area contributed by atoms with Crippen LogP contribution in [0, 0.1) is 11.3 Å². The highest BCUT2D eigenvalue weighted by molar-refractivity contribution is 6.32. The molecular weight excluding hydrogens is 300 g/mol. The van der Waals surface area contributed by atoms with Gasteiger partial charge in [0.2, 0.25) is 5.95 Å². The van der Waals surface area contributed by atoms with Gasteiger partial charge in [-0.2, -0.15) is 10.2 Å². The molecule has 1 fully saturated rings. The standard InChI is InChI=1S/C15H15ClN6/c16-12-10-19-15(20-13-4-2-1-3-11(13)9-17)21-14(12)22-7-5-18-6-8-22/h1-4,10,18H,5-8H2,(H,19,20,21). The number of anilines is 3. The Labute approximate surface area is 133 Å². The summed E-state index contributed by atoms with van der Waals surface area (Å²) in [4.78, 5) is 10.8. The summed E-state index contributed by atoms with van der Waals surface area (Å²) in [7, 11) is 0. The number of benzene rings is 1. The Morgan fingerprint density at radius 2 is 2.05 bits per heavy atom. The maximum atomic E-state index is 9.13. The van der Waals surface area contributed by atoms with Crippen LogP contribution in [0.3, 0.4) is 0 Å². The van der Waals surface area contributed by atoms with Gasteiger partial charge in [0, 0.05) is 26.2 Å². The lowest BCUT2D eigenvalue weighted by Gasteiger charge is -2.29. The first-order valence-corrected chi connectivity index (χ1v) is 7.40. The minimum absolute atomic E-state index is 0.431. The van der Waals surface area contributed by atoms with E-state index in [0.29, 0.717) is 22.2 Å². The van der Waals surface area contributed by atoms with Gasteiger partial charge in [0.05, 0.1) is 17.4 Å². The molecule has 1 saturated heterocycles. The number of nitrogens with one attached hydrogen (secondary N) is 2. The van der Waals surface area contributed by atoms with Crippen molar-refractivity contribution < 1.29 is 0 Å². The van der Waals surface area contributed by atoms with Crippen LogP contribution in [-0.4, -0.2) is 36.1 Å². The molecule has 7 heteroatoms. The van der Waals surface area contributed by atoms with Gasteiger partial charge in [-0.25, -0.2) is 4.98 Å². The zero-order valence-electron chi connectivity index (χ0n) is 11.9. The molecule has 0 bridgehead atoms. The normalized spacial score (nSPS) is 14.5. The van der Waals surface area contributed by atoms with Crippen LogP contribution in [0.1, 0.15) is 5.56 Å². The van der Waals surface area contributed by atoms with Crippen molar-refractivity contribution in [1.82, 2.24) is 15.3 Å². The highest BCUT2D eigenvalue weighted by Crippen LogP contribution is 2.26. The number of aromatic nitrogens is 2. The third kappa shape index (κ3) is 3.11. The van der Waals surface area contributed by atoms with Gasteiger partial charge in [-0.3, -0.25) is 0 Å². The Balaban J connectivity index is 1.87. The van der Waals surface area contributed by atoms with Crippen molar-refractivity contribution in [1.29, 1.82) is 5.26 Å². The van der Waals surface area contributed by atoms with E-state index in [1.165, 1.54) is 0 Å². The average molecular weight is 315 g/mol. The molecule has 1 aliphatic rings. The summed E-state index contributed by atoms with van der Waals surface area (Å²) in [5.74, 6) is 1.15. The van der Waals surface area contributed by atoms with Crippen LogP contribution in [0.25, 0.3) is 0 Å². The maximum Gasteiger partial charge on any atom is 0.229 e. The molecule has 1 aromatic carbocycles. The molecule has 2 aromatic rings. The van der Waals surface area contributed by atoms with Gasteiger partial charge in [0.1, 0.15) is 11.1 Å². The average Bonchev–Trinajstić information content (AvgIpc) is 2.58. The number of piperazine rings is 1. The number of hydrogen-bond donors (Lipinski definition) is 2. The highest BCUT2D eigenvalue weighted by Gasteiger charge is 2.16. The lowest BCUT2D eigenvalue weighted by Crippen LogP contribution is -2.44. The predicted octanol–water partition coefficient (Wildman–Crippen LogP) is 2.15. The molecule has 0 aliphatic carbocycles. The third-order valence-corrected chi connectivity index (χ3v) is 3.70. The van der Waals surface area contributed by atoms with Crippen LogP contribution in [0.2, 0.25) is 5.02 Å². The van der Waals surface area contributed by atoms with E-state index in [1.54, 1.807) is 12.3 Å². The molecule has 0 spiro atoms. The molecule has 1 aliphatic heterocycles. The number of nitriles is 1. The summed E-state index contributed by atoms with van der Waals surface area (Å²) in [6, 6.07) is 9.38. The molecule has 0 unspecified atom stereocenters. The van der Waals surface area contributed by atoms with E-state index in [-0.39, 0.29) is 0 Å². The zero-order chi connectivity index (χ0) is 15.4. The summed E-state index contributed by atoms with van der Waals surface area (Å²) in [6.07, 6.45) is 1.59. The number of para-hydroxylation sites is 1. The Kier molecular flexibility index (Phi) is 4.37. The lowest BCUT2D eigenvalue weighted by molar-refractivity contribution is 0.585. The molecule has 0 amide bonds. The highest BCUT2D eigenvalue weighted by atomic mass is 35.5. The van der Waals surface area contributed by atoms with Crippen molar-refractivity contribution >= 4 is 29.1 Å². The van der Waals surface area contributed by atoms with Gasteiger partial charge in [-0.1, -0.05) is 23.7 Å². The molecule has 112 valence electrons. The first-order valence-electron chi connectivity index (χ1n) is 7.02. The second-order valence-electron chi connectivity index (χ2n) is 4.88. The maximum absolute atomic E-state index is 9.13. The van der Waals surface area contributed by atoms with E-state index in [4.69, 9.17) is 16.9 Å². The van der Waals surface area contributed by atoms with Crippen LogP contribution in [0.4, 0.5) is 17.5 Å². The van der Waals surface area contributed by atoms with Crippen molar-refractivity contribution in [3.8, 4) is 6.07 Å². The minimum atomic E-state index is 0.431. The monoisotopic (exact) mass is 314 g/mol. The zero-order valence-corrected chi connectivity index (χ0v) is 12.6. The Hall–Kier alpha value is -2.36. The quantitative estimate of drug-likeness (QED) is 0.904. The van der Waals surface area contributed by atoms with E-state index in [1.807, 2.05) is 18.2 Å². The molecule has 0 atom stereocenters. The summed E-state index contributed by atoms with van der Waals surface area (Å²) < 4.78 is 0. The Morgan fingerprint density at radius 1 is 1.27 bits per heavy atom. The van der Waals surface area contributed by atoms with Crippen LogP contribution in [0.5, 0.6) is 0 Å². The van der Waals surface area contributed by atoms with Gasteiger partial charge in [0.25, 0.3) is 0 Å². The van der Waals surface area contributed by atoms with Crippen LogP contribution in [0.15, 0.2) is 30.5 Å². The first kappa shape index (κ1) is 14.6. The fourth-order valence-electron chi connectivity index (χ4n) is 2.33. The van der Waals surface area contributed by atoms with Gasteiger partial charge in [-0.05, 0) is 12.1 Å². The second kappa shape index (κ2) is 6.60. The molecule has 22 heavy (non-hydrogen) atoms. The second-order valence-corrected chi connectivity index (χ2v) is 5.29. The van der Waals surface area contributed by atoms with Crippen molar-refractivity contribution in [2.75, 3.05) is 36.4 Å². The van der Waals surface area contributed by atoms with Crippen LogP contribution >= 0.6 is 11.6 Å². The molecule has 2 heterocycles. The van der Waals surface area contributed by atoms with Crippen molar-refractivity contribution in [3.63, 3.8) is 0 Å². The third-order valence-electron chi connectivity index (χ3n) is 3.44. The van der Waals surface area contributed by atoms with E-state index < -0.39 is 0 Å². The SMILES string of the molecule is N#Cc1ccccc1Nc1ncc(Cl)c(N2CCNCC2)n1. The smallest absolute Gasteiger partial charge is 0.229 e. The minimum Gasteiger partial charge on any atom is -0.353 e. The molecule has 1 aromatic heterocycles. The summed E-state index contributed by atoms with van der Waals surface area (Å²) in [5, 5.41) is 16.0. The largest absolute Gasteiger partial charge is 0.353 e. The van der Waals surface area contributed by atoms with E-state index in [9.17, 15) is 0 Å². The van der Waals surface area contributed by atoms with E-state index in [2.05, 4.69) is 31.6 Å². The van der Waals surface area contributed by atoms with Gasteiger partial charge in [-0.15, -0.1) is 0 Å². The van der Waals surface area contributed by atoms with Crippen LogP contribution in [-0.2, 0) is 0 Å². The predicted molar refractivity (Wildman–Crippen MR) is 86.6 cm³/mol. The topological polar surface area (TPSA) is 76.9 Å². The summed E-state index contributed by atoms with van der Waals surface area (Å²) in [6.45, 7) is 3.51. The summed E-state index contributed by atoms with van der Waals surface area (Å²) >= 11 is 6.22. The molecule has 3 rings (SSSR count). The number of halogens is 1. The number of rotatable bonds is 3. The van der Waals surface area contributed by atoms with Crippen molar-refractivity contribution in [3.05, 3.63) is 41.0 Å². The van der Waals surface area contributed by atoms with Gasteiger partial charge in [0.15, 0.2) is 5.82 Å².